The second kappa shape index (κ2) is 13.3. The van der Waals surface area contributed by atoms with Gasteiger partial charge in [-0.3, -0.25) is 0 Å². The zero-order chi connectivity index (χ0) is 30.7. The van der Waals surface area contributed by atoms with Crippen molar-refractivity contribution in [3.05, 3.63) is 15.8 Å². The number of nitrogens with zero attached hydrogens (tertiary/aromatic N) is 1. The number of sulfone groups is 1. The molecule has 1 aromatic rings. The van der Waals surface area contributed by atoms with E-state index in [0.717, 1.165) is 37.0 Å². The Labute approximate surface area is 253 Å². The van der Waals surface area contributed by atoms with Crippen LogP contribution in [0.1, 0.15) is 100 Å². The molecule has 0 bridgehead atoms. The molecule has 3 fully saturated rings. The maximum absolute atomic E-state index is 14.0. The van der Waals surface area contributed by atoms with Gasteiger partial charge in [0.2, 0.25) is 5.69 Å². The van der Waals surface area contributed by atoms with E-state index >= 15 is 0 Å². The van der Waals surface area contributed by atoms with Gasteiger partial charge in [0, 0.05) is 23.4 Å². The molecule has 1 unspecified atom stereocenters. The molecule has 2 heterocycles. The highest BCUT2D eigenvalue weighted by Crippen LogP contribution is 2.35. The fourth-order valence-corrected chi connectivity index (χ4v) is 8.26. The van der Waals surface area contributed by atoms with Gasteiger partial charge in [0.15, 0.2) is 20.9 Å². The van der Waals surface area contributed by atoms with Gasteiger partial charge in [0.25, 0.3) is 0 Å². The Morgan fingerprint density at radius 1 is 1.07 bits per heavy atom. The number of thiophene rings is 1. The molecule has 0 aromatic carbocycles. The van der Waals surface area contributed by atoms with Gasteiger partial charge in [-0.1, -0.05) is 18.8 Å². The maximum Gasteiger partial charge on any atom is 0.407 e. The topological polar surface area (TPSA) is 130 Å². The number of alkyl carbamates (subject to hydrolysis) is 1. The highest BCUT2D eigenvalue weighted by molar-refractivity contribution is 7.91. The molecule has 2 saturated carbocycles. The van der Waals surface area contributed by atoms with E-state index in [-0.39, 0.29) is 45.6 Å². The summed E-state index contributed by atoms with van der Waals surface area (Å²) >= 11 is 1.10. The molecule has 1 aromatic heterocycles. The van der Waals surface area contributed by atoms with Crippen LogP contribution < -0.4 is 5.32 Å². The molecule has 1 atom stereocenters. The number of hydrogen-bond donors (Lipinski definition) is 2. The number of aromatic carboxylic acids is 1. The van der Waals surface area contributed by atoms with Gasteiger partial charge >= 0.3 is 18.0 Å². The van der Waals surface area contributed by atoms with E-state index in [2.05, 4.69) is 24.1 Å². The van der Waals surface area contributed by atoms with Gasteiger partial charge in [-0.2, -0.15) is 0 Å². The number of ether oxygens (including phenoxy) is 1. The predicted octanol–water partition coefficient (Wildman–Crippen LogP) is 5.38. The second-order valence-corrected chi connectivity index (χ2v) is 16.4. The Kier molecular flexibility index (Phi) is 10.2. The zero-order valence-electron chi connectivity index (χ0n) is 25.0. The van der Waals surface area contributed by atoms with Crippen LogP contribution in [0.3, 0.4) is 0 Å². The third-order valence-electron chi connectivity index (χ3n) is 8.25. The minimum Gasteiger partial charge on any atom is -0.477 e. The standard InChI is InChI=1S/C31H42N2O7S2/c1-20-5-9-22(10-6-20)28(34)33(26-17-25(13-15-31(2,3)4)41-27(26)29(35)36)18-21-7-11-23(12-8-21)32-30(37)40-24-14-16-42(38,39)19-24/h17-18,20-24H,5-12,14,16,19H2,1-4H3,(H-,32,35,36,37)/p+1. The van der Waals surface area contributed by atoms with Gasteiger partial charge < -0.3 is 15.2 Å². The van der Waals surface area contributed by atoms with Crippen LogP contribution in [-0.4, -0.2) is 65.9 Å². The highest BCUT2D eigenvalue weighted by Gasteiger charge is 2.38. The molecule has 0 spiro atoms. The second-order valence-electron chi connectivity index (χ2n) is 13.1. The number of carbonyl (C=O) groups excluding carboxylic acids is 2. The maximum atomic E-state index is 14.0. The van der Waals surface area contributed by atoms with E-state index in [1.54, 1.807) is 10.6 Å². The molecule has 2 aliphatic carbocycles. The normalized spacial score (nSPS) is 27.9. The molecule has 9 nitrogen and oxygen atoms in total. The summed E-state index contributed by atoms with van der Waals surface area (Å²) in [5, 5.41) is 12.9. The Balaban J connectivity index is 1.51. The molecule has 42 heavy (non-hydrogen) atoms. The molecule has 230 valence electrons. The first-order chi connectivity index (χ1) is 19.7. The molecule has 1 saturated heterocycles. The van der Waals surface area contributed by atoms with E-state index < -0.39 is 28.0 Å². The van der Waals surface area contributed by atoms with Crippen molar-refractivity contribution in [2.45, 2.75) is 97.6 Å². The van der Waals surface area contributed by atoms with Gasteiger partial charge in [0.05, 0.1) is 22.3 Å². The van der Waals surface area contributed by atoms with Crippen molar-refractivity contribution in [2.75, 3.05) is 11.5 Å². The van der Waals surface area contributed by atoms with Crippen LogP contribution in [0.2, 0.25) is 0 Å². The van der Waals surface area contributed by atoms with Crippen LogP contribution in [0.25, 0.3) is 0 Å². The number of carboxylic acid groups (broad SMARTS) is 1. The van der Waals surface area contributed by atoms with E-state index in [0.29, 0.717) is 48.6 Å². The lowest BCUT2D eigenvalue weighted by atomic mass is 9.82. The van der Waals surface area contributed by atoms with Crippen molar-refractivity contribution in [3.8, 4) is 11.8 Å². The summed E-state index contributed by atoms with van der Waals surface area (Å²) < 4.78 is 30.2. The molecule has 2 amide bonds. The van der Waals surface area contributed by atoms with Crippen LogP contribution >= 0.6 is 11.3 Å². The van der Waals surface area contributed by atoms with Crippen molar-refractivity contribution < 1.29 is 37.2 Å². The molecular weight excluding hydrogens is 576 g/mol. The van der Waals surface area contributed by atoms with Crippen molar-refractivity contribution in [2.24, 2.45) is 23.2 Å². The minimum absolute atomic E-state index is 0.0242. The van der Waals surface area contributed by atoms with Gasteiger partial charge in [-0.15, -0.1) is 15.9 Å². The number of carbonyl (C=O) groups is 3. The first-order valence-corrected chi connectivity index (χ1v) is 17.6. The SMILES string of the molecule is CC1CCC(C(=O)[N+](=CC2CCC(NC(=O)OC3CCS(=O)(=O)C3)CC2)c2cc(C#CC(C)(C)C)sc2C(=O)O)CC1. The summed E-state index contributed by atoms with van der Waals surface area (Å²) in [5.74, 6) is 5.48. The third-order valence-corrected chi connectivity index (χ3v) is 11.0. The Morgan fingerprint density at radius 2 is 1.74 bits per heavy atom. The van der Waals surface area contributed by atoms with E-state index in [4.69, 9.17) is 4.74 Å². The number of rotatable bonds is 6. The third kappa shape index (κ3) is 8.90. The number of amides is 2. The minimum atomic E-state index is -3.14. The van der Waals surface area contributed by atoms with Crippen LogP contribution in [0, 0.1) is 35.0 Å². The molecular formula is C31H43N2O7S2+. The first-order valence-electron chi connectivity index (χ1n) is 14.9. The van der Waals surface area contributed by atoms with Crippen LogP contribution in [0.15, 0.2) is 6.07 Å². The van der Waals surface area contributed by atoms with Crippen molar-refractivity contribution in [3.63, 3.8) is 0 Å². The average Bonchev–Trinajstić information content (AvgIpc) is 3.49. The van der Waals surface area contributed by atoms with Crippen LogP contribution in [-0.2, 0) is 19.4 Å². The Hall–Kier alpha value is -2.71. The Bertz CT molecular complexity index is 1380. The van der Waals surface area contributed by atoms with Crippen molar-refractivity contribution in [1.29, 1.82) is 0 Å². The molecule has 11 heteroatoms. The van der Waals surface area contributed by atoms with Crippen molar-refractivity contribution >= 4 is 51.0 Å². The average molecular weight is 620 g/mol. The molecule has 2 N–H and O–H groups in total. The largest absolute Gasteiger partial charge is 0.477 e. The lowest BCUT2D eigenvalue weighted by Crippen LogP contribution is -2.40. The smallest absolute Gasteiger partial charge is 0.407 e. The fraction of sp³-hybridized carbons (Fsp3) is 0.677. The van der Waals surface area contributed by atoms with E-state index in [1.807, 2.05) is 27.0 Å². The molecule has 1 aliphatic heterocycles. The van der Waals surface area contributed by atoms with Crippen LogP contribution in [0.5, 0.6) is 0 Å². The van der Waals surface area contributed by atoms with E-state index in [9.17, 15) is 27.9 Å². The predicted molar refractivity (Wildman–Crippen MR) is 162 cm³/mol. The van der Waals surface area contributed by atoms with E-state index in [1.165, 1.54) is 0 Å². The lowest BCUT2D eigenvalue weighted by molar-refractivity contribution is -0.371. The number of carboxylic acids is 1. The summed E-state index contributed by atoms with van der Waals surface area (Å²) in [5.41, 5.74) is 0.131. The number of nitrogens with one attached hydrogen (secondary N) is 1. The van der Waals surface area contributed by atoms with Gasteiger partial charge in [-0.25, -0.2) is 22.8 Å². The monoisotopic (exact) mass is 619 g/mol. The summed E-state index contributed by atoms with van der Waals surface area (Å²) in [6, 6.07) is 1.62. The van der Waals surface area contributed by atoms with Crippen LogP contribution in [0.4, 0.5) is 10.5 Å². The fourth-order valence-electron chi connectivity index (χ4n) is 5.83. The summed E-state index contributed by atoms with van der Waals surface area (Å²) in [6.45, 7) is 8.17. The highest BCUT2D eigenvalue weighted by atomic mass is 32.2. The first kappa shape index (κ1) is 32.2. The quantitative estimate of drug-likeness (QED) is 0.248. The summed E-state index contributed by atoms with van der Waals surface area (Å²) in [7, 11) is -3.14. The van der Waals surface area contributed by atoms with Crippen molar-refractivity contribution in [1.82, 2.24) is 5.32 Å². The summed E-state index contributed by atoms with van der Waals surface area (Å²) in [4.78, 5) is 39.4. The van der Waals surface area contributed by atoms with Gasteiger partial charge in [0.1, 0.15) is 6.10 Å². The molecule has 3 aliphatic rings. The Morgan fingerprint density at radius 3 is 2.31 bits per heavy atom. The lowest BCUT2D eigenvalue weighted by Gasteiger charge is -2.27. The zero-order valence-corrected chi connectivity index (χ0v) is 26.6. The molecule has 0 radical (unpaired) electrons. The molecule has 4 rings (SSSR count). The van der Waals surface area contributed by atoms with Gasteiger partial charge in [-0.05, 0) is 84.5 Å². The summed E-state index contributed by atoms with van der Waals surface area (Å²) in [6.07, 6.45) is 7.29. The number of hydrogen-bond acceptors (Lipinski definition) is 7.